The van der Waals surface area contributed by atoms with Crippen molar-refractivity contribution in [2.75, 3.05) is 6.61 Å². The Morgan fingerprint density at radius 2 is 1.74 bits per heavy atom. The molecule has 2 saturated carbocycles. The number of hydrogen-bond donors (Lipinski definition) is 3. The quantitative estimate of drug-likeness (QED) is 0.388. The van der Waals surface area contributed by atoms with Gasteiger partial charge in [0.15, 0.2) is 11.4 Å². The molecule has 3 fully saturated rings. The van der Waals surface area contributed by atoms with Gasteiger partial charge >= 0.3 is 11.9 Å². The zero-order valence-corrected chi connectivity index (χ0v) is 23.3. The summed E-state index contributed by atoms with van der Waals surface area (Å²) in [5.74, 6) is -3.52. The fraction of sp³-hybridized carbons (Fsp3) is 0.633. The van der Waals surface area contributed by atoms with Gasteiger partial charge in [-0.05, 0) is 43.9 Å². The minimum Gasteiger partial charge on any atom is -0.455 e. The van der Waals surface area contributed by atoms with Crippen LogP contribution in [0.15, 0.2) is 41.5 Å². The number of esters is 2. The molecule has 9 atom stereocenters. The average molecular weight is 543 g/mol. The normalized spacial score (nSPS) is 42.7. The van der Waals surface area contributed by atoms with Crippen LogP contribution in [0.2, 0.25) is 0 Å². The number of allylic oxidation sites excluding steroid dienone is 1. The van der Waals surface area contributed by atoms with Crippen molar-refractivity contribution in [2.45, 2.75) is 90.0 Å². The minimum atomic E-state index is -1.82. The summed E-state index contributed by atoms with van der Waals surface area (Å²) in [5, 5.41) is 36.0. The highest BCUT2D eigenvalue weighted by Crippen LogP contribution is 2.64. The maximum absolute atomic E-state index is 14.4. The van der Waals surface area contributed by atoms with E-state index in [9.17, 15) is 29.7 Å². The number of carbonyl (C=O) groups is 3. The molecule has 3 N–H and O–H groups in total. The lowest BCUT2D eigenvalue weighted by Gasteiger charge is -2.67. The van der Waals surface area contributed by atoms with Crippen LogP contribution in [0.5, 0.6) is 0 Å². The van der Waals surface area contributed by atoms with Gasteiger partial charge in [0.2, 0.25) is 0 Å². The third-order valence-corrected chi connectivity index (χ3v) is 10.3. The van der Waals surface area contributed by atoms with Crippen LogP contribution in [0, 0.1) is 22.7 Å². The number of aliphatic hydroxyl groups excluding tert-OH is 2. The molecule has 1 saturated heterocycles. The Hall–Kier alpha value is -2.59. The minimum absolute atomic E-state index is 0.0334. The van der Waals surface area contributed by atoms with Crippen LogP contribution < -0.4 is 0 Å². The number of hydrogen-bond acceptors (Lipinski definition) is 9. The van der Waals surface area contributed by atoms with Gasteiger partial charge in [0.25, 0.3) is 0 Å². The molecule has 0 unspecified atom stereocenters. The fourth-order valence-corrected chi connectivity index (χ4v) is 7.92. The van der Waals surface area contributed by atoms with Crippen LogP contribution in [-0.4, -0.2) is 75.3 Å². The fourth-order valence-electron chi connectivity index (χ4n) is 7.92. The molecule has 0 radical (unpaired) electrons. The summed E-state index contributed by atoms with van der Waals surface area (Å²) in [5.41, 5.74) is -4.91. The summed E-state index contributed by atoms with van der Waals surface area (Å²) in [7, 11) is 0. The first-order valence-electron chi connectivity index (χ1n) is 13.5. The number of aliphatic hydroxyl groups is 3. The van der Waals surface area contributed by atoms with Crippen molar-refractivity contribution in [3.8, 4) is 0 Å². The highest BCUT2D eigenvalue weighted by Gasteiger charge is 2.77. The molecule has 2 bridgehead atoms. The van der Waals surface area contributed by atoms with Crippen LogP contribution in [0.4, 0.5) is 0 Å². The molecule has 1 aromatic carbocycles. The lowest BCUT2D eigenvalue weighted by Crippen LogP contribution is -2.81. The van der Waals surface area contributed by atoms with Gasteiger partial charge in [-0.1, -0.05) is 44.5 Å². The van der Waals surface area contributed by atoms with E-state index in [1.165, 1.54) is 13.8 Å². The van der Waals surface area contributed by atoms with Crippen LogP contribution in [0.3, 0.4) is 0 Å². The second-order valence-corrected chi connectivity index (χ2v) is 12.6. The lowest BCUT2D eigenvalue weighted by molar-refractivity contribution is -0.345. The number of ether oxygens (including phenoxy) is 3. The van der Waals surface area contributed by atoms with Crippen LogP contribution in [-0.2, 0) is 23.8 Å². The Balaban J connectivity index is 1.81. The SMILES string of the molecule is CC(=O)O[C@@]12CO[C@@H]1C[C@H](O)[C@@]1(C)C(=O)[C@H](O)C3=C(C)[C@@H](C)C[C@@](O)([C@@H](OC(=O)c4ccccc4)[C@H]21)C3(C)C. The summed E-state index contributed by atoms with van der Waals surface area (Å²) < 4.78 is 17.9. The molecule has 1 heterocycles. The third kappa shape index (κ3) is 3.63. The van der Waals surface area contributed by atoms with Crippen molar-refractivity contribution >= 4 is 17.7 Å². The van der Waals surface area contributed by atoms with Gasteiger partial charge in [0, 0.05) is 18.8 Å². The summed E-state index contributed by atoms with van der Waals surface area (Å²) in [6, 6.07) is 8.29. The molecule has 9 nitrogen and oxygen atoms in total. The highest BCUT2D eigenvalue weighted by atomic mass is 16.6. The standard InChI is InChI=1S/C30H38O9/c1-15-13-30(36)25(38-26(35)18-10-8-7-9-11-18)23-28(6,24(34)22(33)21(16(15)2)27(30,4)5)19(32)12-20-29(23,14-37-20)39-17(3)31/h7-11,15,19-20,22-23,25,32-33,36H,12-14H2,1-6H3/t15-,19-,20+,22+,23-,25-,28+,29-,30+/m0/s1. The largest absolute Gasteiger partial charge is 0.455 e. The molecule has 4 aliphatic rings. The second kappa shape index (κ2) is 8.96. The number of Topliss-reactive ketones (excluding diaryl/α,β-unsaturated/α-hetero) is 1. The van der Waals surface area contributed by atoms with Gasteiger partial charge in [-0.3, -0.25) is 9.59 Å². The van der Waals surface area contributed by atoms with Gasteiger partial charge in [-0.15, -0.1) is 0 Å². The number of rotatable bonds is 3. The van der Waals surface area contributed by atoms with Crippen molar-refractivity contribution in [3.05, 3.63) is 47.0 Å². The number of benzene rings is 1. The Morgan fingerprint density at radius 1 is 1.10 bits per heavy atom. The molecule has 212 valence electrons. The zero-order chi connectivity index (χ0) is 28.7. The van der Waals surface area contributed by atoms with E-state index in [0.717, 1.165) is 5.57 Å². The van der Waals surface area contributed by atoms with E-state index in [1.54, 1.807) is 44.2 Å². The van der Waals surface area contributed by atoms with E-state index in [2.05, 4.69) is 0 Å². The molecule has 5 rings (SSSR count). The number of ketones is 1. The molecule has 1 aromatic rings. The van der Waals surface area contributed by atoms with Crippen LogP contribution >= 0.6 is 0 Å². The van der Waals surface area contributed by atoms with Crippen molar-refractivity contribution in [1.82, 2.24) is 0 Å². The van der Waals surface area contributed by atoms with Crippen molar-refractivity contribution < 1.29 is 43.9 Å². The van der Waals surface area contributed by atoms with E-state index in [-0.39, 0.29) is 30.9 Å². The molecule has 9 heteroatoms. The third-order valence-electron chi connectivity index (χ3n) is 10.3. The number of fused-ring (bicyclic) bond motifs is 5. The maximum atomic E-state index is 14.4. The molecular weight excluding hydrogens is 504 g/mol. The predicted octanol–water partition coefficient (Wildman–Crippen LogP) is 2.36. The van der Waals surface area contributed by atoms with E-state index >= 15 is 0 Å². The molecule has 1 aliphatic heterocycles. The Labute approximate surface area is 228 Å². The van der Waals surface area contributed by atoms with Gasteiger partial charge in [-0.2, -0.15) is 0 Å². The van der Waals surface area contributed by atoms with E-state index in [0.29, 0.717) is 5.57 Å². The Morgan fingerprint density at radius 3 is 2.31 bits per heavy atom. The first-order chi connectivity index (χ1) is 18.1. The molecule has 0 amide bonds. The topological polar surface area (TPSA) is 140 Å². The molecular formula is C30H38O9. The summed E-state index contributed by atoms with van der Waals surface area (Å²) in [6.07, 6.45) is -5.05. The van der Waals surface area contributed by atoms with Gasteiger partial charge < -0.3 is 29.5 Å². The van der Waals surface area contributed by atoms with E-state index in [4.69, 9.17) is 14.2 Å². The highest BCUT2D eigenvalue weighted by molar-refractivity contribution is 5.94. The van der Waals surface area contributed by atoms with Gasteiger partial charge in [-0.25, -0.2) is 4.79 Å². The van der Waals surface area contributed by atoms with E-state index < -0.39 is 70.1 Å². The second-order valence-electron chi connectivity index (χ2n) is 12.6. The van der Waals surface area contributed by atoms with Gasteiger partial charge in [0.05, 0.1) is 29.6 Å². The average Bonchev–Trinajstić information content (AvgIpc) is 2.87. The Bertz CT molecular complexity index is 1240. The summed E-state index contributed by atoms with van der Waals surface area (Å²) in [4.78, 5) is 40.5. The van der Waals surface area contributed by atoms with Crippen molar-refractivity contribution in [2.24, 2.45) is 22.7 Å². The molecule has 0 aromatic heterocycles. The van der Waals surface area contributed by atoms with Crippen LogP contribution in [0.1, 0.15) is 64.7 Å². The molecule has 0 spiro atoms. The van der Waals surface area contributed by atoms with Crippen molar-refractivity contribution in [3.63, 3.8) is 0 Å². The summed E-state index contributed by atoms with van der Waals surface area (Å²) in [6.45, 7) is 9.81. The maximum Gasteiger partial charge on any atom is 0.338 e. The predicted molar refractivity (Wildman–Crippen MR) is 138 cm³/mol. The first-order valence-corrected chi connectivity index (χ1v) is 13.5. The zero-order valence-electron chi connectivity index (χ0n) is 23.3. The molecule has 3 aliphatic carbocycles. The Kier molecular flexibility index (Phi) is 6.42. The van der Waals surface area contributed by atoms with Gasteiger partial charge in [0.1, 0.15) is 23.9 Å². The molecule has 39 heavy (non-hydrogen) atoms. The van der Waals surface area contributed by atoms with Crippen LogP contribution in [0.25, 0.3) is 0 Å². The smallest absolute Gasteiger partial charge is 0.338 e. The van der Waals surface area contributed by atoms with E-state index in [1.807, 2.05) is 13.8 Å². The lowest BCUT2D eigenvalue weighted by atomic mass is 9.44. The summed E-state index contributed by atoms with van der Waals surface area (Å²) >= 11 is 0. The number of carbonyl (C=O) groups excluding carboxylic acids is 3. The first kappa shape index (κ1) is 28.0. The van der Waals surface area contributed by atoms with Crippen molar-refractivity contribution in [1.29, 1.82) is 0 Å². The monoisotopic (exact) mass is 542 g/mol.